The van der Waals surface area contributed by atoms with E-state index in [-0.39, 0.29) is 30.0 Å². The highest BCUT2D eigenvalue weighted by Gasteiger charge is 2.34. The summed E-state index contributed by atoms with van der Waals surface area (Å²) in [7, 11) is 0. The zero-order valence-corrected chi connectivity index (χ0v) is 16.1. The Bertz CT molecular complexity index is 1110. The summed E-state index contributed by atoms with van der Waals surface area (Å²) in [5.41, 5.74) is 5.45. The third-order valence-corrected chi connectivity index (χ3v) is 4.98. The van der Waals surface area contributed by atoms with Crippen LogP contribution >= 0.6 is 0 Å². The van der Waals surface area contributed by atoms with Crippen molar-refractivity contribution in [1.82, 2.24) is 15.0 Å². The van der Waals surface area contributed by atoms with Crippen LogP contribution in [0.4, 0.5) is 8.78 Å². The van der Waals surface area contributed by atoms with E-state index >= 15 is 0 Å². The number of benzene rings is 1. The van der Waals surface area contributed by atoms with Crippen molar-refractivity contribution in [2.24, 2.45) is 5.73 Å². The van der Waals surface area contributed by atoms with Gasteiger partial charge in [0.1, 0.15) is 29.5 Å². The Kier molecular flexibility index (Phi) is 5.68. The summed E-state index contributed by atoms with van der Waals surface area (Å²) in [6.45, 7) is -0.197. The Hall–Kier alpha value is -3.34. The highest BCUT2D eigenvalue weighted by atomic mass is 19.1. The first kappa shape index (κ1) is 20.9. The third-order valence-electron chi connectivity index (χ3n) is 4.98. The third kappa shape index (κ3) is 4.00. The van der Waals surface area contributed by atoms with Crippen LogP contribution in [0.25, 0.3) is 22.5 Å². The molecule has 3 unspecified atom stereocenters. The fourth-order valence-electron chi connectivity index (χ4n) is 3.47. The smallest absolute Gasteiger partial charge is 0.268 e. The molecule has 3 atom stereocenters. The molecule has 4 rings (SSSR count). The van der Waals surface area contributed by atoms with Gasteiger partial charge in [-0.05, 0) is 18.2 Å². The minimum Gasteiger partial charge on any atom is -0.390 e. The Labute approximate surface area is 175 Å². The summed E-state index contributed by atoms with van der Waals surface area (Å²) >= 11 is 0. The number of hydrogen-bond acceptors (Lipinski definition) is 7. The molecule has 10 heteroatoms. The summed E-state index contributed by atoms with van der Waals surface area (Å²) in [6, 6.07) is 6.53. The van der Waals surface area contributed by atoms with Gasteiger partial charge in [-0.2, -0.15) is 0 Å². The minimum atomic E-state index is -1.12. The van der Waals surface area contributed by atoms with Crippen LogP contribution in [0.2, 0.25) is 0 Å². The highest BCUT2D eigenvalue weighted by molar-refractivity contribution is 5.99. The van der Waals surface area contributed by atoms with Crippen molar-refractivity contribution < 1.29 is 28.5 Å². The summed E-state index contributed by atoms with van der Waals surface area (Å²) in [5.74, 6) is -3.18. The quantitative estimate of drug-likeness (QED) is 0.577. The number of carbonyl (C=O) groups excluding carboxylic acids is 1. The van der Waals surface area contributed by atoms with Crippen molar-refractivity contribution in [3.63, 3.8) is 0 Å². The fraction of sp³-hybridized carbons (Fsp3) is 0.238. The van der Waals surface area contributed by atoms with Crippen LogP contribution < -0.4 is 5.73 Å². The summed E-state index contributed by atoms with van der Waals surface area (Å²) in [5, 5.41) is 19.9. The van der Waals surface area contributed by atoms with Crippen molar-refractivity contribution in [1.29, 1.82) is 0 Å². The maximum absolute atomic E-state index is 14.4. The molecule has 0 bridgehead atoms. The summed E-state index contributed by atoms with van der Waals surface area (Å²) < 4.78 is 34.5. The molecule has 4 N–H and O–H groups in total. The van der Waals surface area contributed by atoms with Crippen LogP contribution in [0, 0.1) is 11.6 Å². The lowest BCUT2D eigenvalue weighted by molar-refractivity contribution is -0.123. The Morgan fingerprint density at radius 3 is 2.42 bits per heavy atom. The van der Waals surface area contributed by atoms with Gasteiger partial charge in [-0.3, -0.25) is 9.78 Å². The normalized spacial score (nSPS) is 21.1. The van der Waals surface area contributed by atoms with E-state index in [0.29, 0.717) is 5.56 Å². The number of aliphatic hydroxyl groups is 2. The van der Waals surface area contributed by atoms with Crippen LogP contribution in [0.3, 0.4) is 0 Å². The van der Waals surface area contributed by atoms with E-state index < -0.39 is 47.2 Å². The monoisotopic (exact) mass is 428 g/mol. The molecular weight excluding hydrogens is 410 g/mol. The number of halogens is 2. The lowest BCUT2D eigenvalue weighted by Gasteiger charge is -2.31. The maximum Gasteiger partial charge on any atom is 0.268 e. The molecular formula is C21H18F2N4O4. The standard InChI is InChI=1S/C21H18F2N4O4/c22-11-4-1-5-12(23)17(11)21-26-18(15-7-13(28)14(29)9-31-15)16(19(27-21)20(24)30)10-3-2-6-25-8-10/h1-6,8,13-15,28-29H,7,9H2,(H2,24,30). The number of amides is 1. The van der Waals surface area contributed by atoms with Gasteiger partial charge in [0.15, 0.2) is 5.82 Å². The van der Waals surface area contributed by atoms with Gasteiger partial charge in [0.2, 0.25) is 0 Å². The van der Waals surface area contributed by atoms with Crippen molar-refractivity contribution in [2.75, 3.05) is 6.61 Å². The average molecular weight is 428 g/mol. The molecule has 1 saturated heterocycles. The number of nitrogens with two attached hydrogens (primary N) is 1. The molecule has 0 spiro atoms. The van der Waals surface area contributed by atoms with Crippen LogP contribution in [0.5, 0.6) is 0 Å². The second-order valence-corrected chi connectivity index (χ2v) is 7.05. The lowest BCUT2D eigenvalue weighted by atomic mass is 9.94. The number of primary amides is 1. The molecule has 160 valence electrons. The van der Waals surface area contributed by atoms with Crippen LogP contribution in [-0.4, -0.2) is 49.9 Å². The van der Waals surface area contributed by atoms with Gasteiger partial charge in [0, 0.05) is 29.9 Å². The van der Waals surface area contributed by atoms with Gasteiger partial charge >= 0.3 is 0 Å². The molecule has 0 aliphatic carbocycles. The van der Waals surface area contributed by atoms with E-state index in [0.717, 1.165) is 12.1 Å². The Balaban J connectivity index is 1.99. The van der Waals surface area contributed by atoms with E-state index in [1.54, 1.807) is 12.1 Å². The number of carbonyl (C=O) groups is 1. The molecule has 31 heavy (non-hydrogen) atoms. The van der Waals surface area contributed by atoms with E-state index in [4.69, 9.17) is 10.5 Å². The number of aromatic nitrogens is 3. The van der Waals surface area contributed by atoms with Crippen LogP contribution in [-0.2, 0) is 4.74 Å². The first-order valence-electron chi connectivity index (χ1n) is 9.41. The number of hydrogen-bond donors (Lipinski definition) is 3. The van der Waals surface area contributed by atoms with Crippen molar-refractivity contribution >= 4 is 5.91 Å². The molecule has 1 amide bonds. The molecule has 1 fully saturated rings. The summed E-state index contributed by atoms with van der Waals surface area (Å²) in [4.78, 5) is 24.7. The molecule has 3 heterocycles. The van der Waals surface area contributed by atoms with Gasteiger partial charge in [0.25, 0.3) is 5.91 Å². The second kappa shape index (κ2) is 8.42. The predicted octanol–water partition coefficient (Wildman–Crippen LogP) is 1.77. The minimum absolute atomic E-state index is 0.0666. The molecule has 3 aromatic rings. The summed E-state index contributed by atoms with van der Waals surface area (Å²) in [6.07, 6.45) is -0.216. The predicted molar refractivity (Wildman–Crippen MR) is 104 cm³/mol. The second-order valence-electron chi connectivity index (χ2n) is 7.05. The molecule has 2 aromatic heterocycles. The van der Waals surface area contributed by atoms with Gasteiger partial charge in [0.05, 0.1) is 24.0 Å². The number of ether oxygens (including phenoxy) is 1. The van der Waals surface area contributed by atoms with Gasteiger partial charge < -0.3 is 20.7 Å². The zero-order chi connectivity index (χ0) is 22.1. The van der Waals surface area contributed by atoms with Gasteiger partial charge in [-0.1, -0.05) is 12.1 Å². The van der Waals surface area contributed by atoms with Crippen molar-refractivity contribution in [2.45, 2.75) is 24.7 Å². The number of aliphatic hydroxyl groups excluding tert-OH is 2. The van der Waals surface area contributed by atoms with E-state index in [2.05, 4.69) is 15.0 Å². The number of nitrogens with zero attached hydrogens (tertiary/aromatic N) is 3. The van der Waals surface area contributed by atoms with Crippen LogP contribution in [0.1, 0.15) is 28.7 Å². The Morgan fingerprint density at radius 2 is 1.81 bits per heavy atom. The molecule has 0 radical (unpaired) electrons. The Morgan fingerprint density at radius 1 is 1.06 bits per heavy atom. The lowest BCUT2D eigenvalue weighted by Crippen LogP contribution is -2.38. The first-order chi connectivity index (χ1) is 14.9. The topological polar surface area (TPSA) is 131 Å². The van der Waals surface area contributed by atoms with E-state index in [1.165, 1.54) is 18.5 Å². The fourth-order valence-corrected chi connectivity index (χ4v) is 3.47. The zero-order valence-electron chi connectivity index (χ0n) is 16.1. The molecule has 1 aliphatic rings. The first-order valence-corrected chi connectivity index (χ1v) is 9.41. The SMILES string of the molecule is NC(=O)c1nc(-c2c(F)cccc2F)nc(C2CC(O)C(O)CO2)c1-c1cccnc1. The van der Waals surface area contributed by atoms with Crippen molar-refractivity contribution in [3.8, 4) is 22.5 Å². The molecule has 0 saturated carbocycles. The molecule has 1 aromatic carbocycles. The highest BCUT2D eigenvalue weighted by Crippen LogP contribution is 2.37. The molecule has 8 nitrogen and oxygen atoms in total. The average Bonchev–Trinajstić information content (AvgIpc) is 2.75. The number of pyridine rings is 1. The van der Waals surface area contributed by atoms with Gasteiger partial charge in [-0.25, -0.2) is 18.7 Å². The largest absolute Gasteiger partial charge is 0.390 e. The maximum atomic E-state index is 14.4. The number of rotatable bonds is 4. The van der Waals surface area contributed by atoms with Crippen LogP contribution in [0.15, 0.2) is 42.7 Å². The van der Waals surface area contributed by atoms with Crippen molar-refractivity contribution in [3.05, 3.63) is 65.7 Å². The van der Waals surface area contributed by atoms with E-state index in [9.17, 15) is 23.8 Å². The van der Waals surface area contributed by atoms with Gasteiger partial charge in [-0.15, -0.1) is 0 Å². The molecule has 1 aliphatic heterocycles. The van der Waals surface area contributed by atoms with E-state index in [1.807, 2.05) is 0 Å².